The minimum absolute atomic E-state index is 0.304. The van der Waals surface area contributed by atoms with Crippen molar-refractivity contribution in [3.05, 3.63) is 238 Å². The molecule has 0 heterocycles. The Bertz CT molecular complexity index is 2820. The zero-order valence-electron chi connectivity index (χ0n) is 32.1. The molecule has 1 unspecified atom stereocenters. The summed E-state index contributed by atoms with van der Waals surface area (Å²) in [6.07, 6.45) is 23.2. The monoisotopic (exact) mass is 729 g/mol. The largest absolute Gasteiger partial charge is 0.314 e. The highest BCUT2D eigenvalue weighted by Crippen LogP contribution is 2.66. The van der Waals surface area contributed by atoms with Crippen LogP contribution in [0.3, 0.4) is 0 Å². The normalized spacial score (nSPS) is 20.6. The van der Waals surface area contributed by atoms with Crippen LogP contribution in [0.4, 0.5) is 11.4 Å². The molecule has 12 rings (SSSR count). The number of hydrogen-bond donors (Lipinski definition) is 0. The highest BCUT2D eigenvalue weighted by Gasteiger charge is 2.55. The van der Waals surface area contributed by atoms with E-state index in [1.807, 2.05) is 0 Å². The molecule has 0 saturated carbocycles. The van der Waals surface area contributed by atoms with Crippen molar-refractivity contribution in [1.82, 2.24) is 0 Å². The van der Waals surface area contributed by atoms with Crippen LogP contribution in [0.1, 0.15) is 83.4 Å². The Labute approximate surface area is 336 Å². The molecule has 1 nitrogen and oxygen atoms in total. The van der Waals surface area contributed by atoms with Gasteiger partial charge in [0.15, 0.2) is 0 Å². The second-order valence-electron chi connectivity index (χ2n) is 16.4. The minimum atomic E-state index is -0.343. The second-order valence-corrected chi connectivity index (χ2v) is 16.4. The number of anilines is 2. The highest BCUT2D eigenvalue weighted by atomic mass is 15.1. The molecule has 1 heteroatoms. The van der Waals surface area contributed by atoms with Crippen LogP contribution < -0.4 is 4.90 Å². The summed E-state index contributed by atoms with van der Waals surface area (Å²) in [5.41, 5.74) is 24.6. The third-order valence-electron chi connectivity index (χ3n) is 13.6. The van der Waals surface area contributed by atoms with Gasteiger partial charge in [-0.15, -0.1) is 0 Å². The Hall–Kier alpha value is -6.44. The van der Waals surface area contributed by atoms with E-state index >= 15 is 0 Å². The number of nitrogens with zero attached hydrogens (tertiary/aromatic N) is 1. The smallest absolute Gasteiger partial charge is 0.0716 e. The lowest BCUT2D eigenvalue weighted by Crippen LogP contribution is -2.36. The number of rotatable bonds is 5. The molecule has 57 heavy (non-hydrogen) atoms. The first-order chi connectivity index (χ1) is 28.3. The number of benzene rings is 6. The molecule has 6 aliphatic rings. The molecule has 0 N–H and O–H groups in total. The van der Waals surface area contributed by atoms with Crippen LogP contribution >= 0.6 is 0 Å². The number of allylic oxidation sites excluding steroid dienone is 12. The lowest BCUT2D eigenvalue weighted by atomic mass is 9.58. The fourth-order valence-electron chi connectivity index (χ4n) is 11.2. The van der Waals surface area contributed by atoms with E-state index in [1.165, 1.54) is 101 Å². The van der Waals surface area contributed by atoms with Gasteiger partial charge in [-0.05, 0) is 158 Å². The maximum atomic E-state index is 2.55. The van der Waals surface area contributed by atoms with Crippen molar-refractivity contribution in [3.8, 4) is 22.3 Å². The van der Waals surface area contributed by atoms with Crippen LogP contribution in [0.5, 0.6) is 0 Å². The molecule has 6 aliphatic carbocycles. The average Bonchev–Trinajstić information content (AvgIpc) is 3.78. The van der Waals surface area contributed by atoms with Gasteiger partial charge in [0.2, 0.25) is 0 Å². The Morgan fingerprint density at radius 3 is 2.05 bits per heavy atom. The second kappa shape index (κ2) is 12.8. The van der Waals surface area contributed by atoms with Crippen molar-refractivity contribution >= 4 is 22.5 Å². The molecule has 6 aromatic carbocycles. The van der Waals surface area contributed by atoms with Gasteiger partial charge in [0.25, 0.3) is 0 Å². The number of para-hydroxylation sites is 1. The van der Waals surface area contributed by atoms with Crippen molar-refractivity contribution in [3.63, 3.8) is 0 Å². The molecule has 1 spiro atoms. The van der Waals surface area contributed by atoms with Crippen molar-refractivity contribution in [1.29, 1.82) is 0 Å². The number of fused-ring (bicyclic) bond motifs is 11. The third-order valence-corrected chi connectivity index (χ3v) is 13.6. The van der Waals surface area contributed by atoms with Crippen LogP contribution in [-0.4, -0.2) is 0 Å². The molecule has 0 radical (unpaired) electrons. The zero-order chi connectivity index (χ0) is 37.5. The summed E-state index contributed by atoms with van der Waals surface area (Å²) in [6, 6.07) is 53.1. The van der Waals surface area contributed by atoms with Gasteiger partial charge in [-0.25, -0.2) is 0 Å². The van der Waals surface area contributed by atoms with E-state index in [0.717, 1.165) is 38.5 Å². The third kappa shape index (κ3) is 4.75. The molecule has 0 aliphatic heterocycles. The van der Waals surface area contributed by atoms with Gasteiger partial charge in [0, 0.05) is 23.0 Å². The van der Waals surface area contributed by atoms with E-state index in [2.05, 4.69) is 187 Å². The SMILES string of the molecule is C1=CCCC(N(c2ccccc2)c2ccc(-c3ccc(-c4ccc5c(c4)[C@@]4(C6=C5CCC=C6)c5ccccc5C5C6=CCCC=C6c6cccc4c65)cc3)cc2)=C1. The summed E-state index contributed by atoms with van der Waals surface area (Å²) in [7, 11) is 0. The fraction of sp³-hybridized carbons (Fsp3) is 0.143. The summed E-state index contributed by atoms with van der Waals surface area (Å²) in [5.74, 6) is 0.304. The van der Waals surface area contributed by atoms with Crippen molar-refractivity contribution in [2.45, 2.75) is 49.9 Å². The van der Waals surface area contributed by atoms with E-state index in [1.54, 1.807) is 0 Å². The molecule has 0 bridgehead atoms. The first kappa shape index (κ1) is 32.8. The van der Waals surface area contributed by atoms with Gasteiger partial charge in [-0.1, -0.05) is 146 Å². The van der Waals surface area contributed by atoms with E-state index in [4.69, 9.17) is 0 Å². The van der Waals surface area contributed by atoms with Crippen LogP contribution in [0.15, 0.2) is 199 Å². The maximum Gasteiger partial charge on any atom is 0.0716 e. The summed E-state index contributed by atoms with van der Waals surface area (Å²) >= 11 is 0. The van der Waals surface area contributed by atoms with Crippen molar-refractivity contribution < 1.29 is 0 Å². The Morgan fingerprint density at radius 2 is 1.23 bits per heavy atom. The van der Waals surface area contributed by atoms with Gasteiger partial charge < -0.3 is 4.90 Å². The molecule has 0 amide bonds. The van der Waals surface area contributed by atoms with Crippen molar-refractivity contribution in [2.24, 2.45) is 0 Å². The quantitative estimate of drug-likeness (QED) is 0.171. The summed E-state index contributed by atoms with van der Waals surface area (Å²) < 4.78 is 0. The first-order valence-electron chi connectivity index (χ1n) is 20.9. The van der Waals surface area contributed by atoms with E-state index in [-0.39, 0.29) is 5.41 Å². The maximum absolute atomic E-state index is 2.55. The molecule has 0 saturated heterocycles. The molecule has 2 atom stereocenters. The van der Waals surface area contributed by atoms with Gasteiger partial charge >= 0.3 is 0 Å². The minimum Gasteiger partial charge on any atom is -0.314 e. The summed E-state index contributed by atoms with van der Waals surface area (Å²) in [5, 5.41) is 0. The first-order valence-corrected chi connectivity index (χ1v) is 20.9. The Kier molecular flexibility index (Phi) is 7.36. The van der Waals surface area contributed by atoms with Crippen LogP contribution in [0.2, 0.25) is 0 Å². The van der Waals surface area contributed by atoms with Gasteiger partial charge in [0.05, 0.1) is 5.41 Å². The average molecular weight is 730 g/mol. The summed E-state index contributed by atoms with van der Waals surface area (Å²) in [6.45, 7) is 0. The molecule has 6 aromatic rings. The lowest BCUT2D eigenvalue weighted by Gasteiger charge is -2.43. The molecule has 272 valence electrons. The molecular formula is C56H43N. The topological polar surface area (TPSA) is 3.24 Å². The molecule has 0 fully saturated rings. The predicted molar refractivity (Wildman–Crippen MR) is 238 cm³/mol. The standard InChI is InChI=1S/C56H43N/c1-3-14-41(15-4-1)57(42-16-5-2-6-17-42)43-33-30-38(31-34-43)37-26-28-39(29-27-37)40-32-35-46-45-19-9-11-23-50(45)56(53(46)36-40)51-24-12-10-21-49(51)54-47-20-8-7-18-44(47)48-22-13-25-52(56)55(48)54/h1-5,10-16,18,20-36,54H,6-9,17,19H2/t54?,56-/m0/s1. The van der Waals surface area contributed by atoms with Crippen molar-refractivity contribution in [2.75, 3.05) is 4.90 Å². The Morgan fingerprint density at radius 1 is 0.526 bits per heavy atom. The van der Waals surface area contributed by atoms with Gasteiger partial charge in [-0.3, -0.25) is 0 Å². The molecule has 0 aromatic heterocycles. The van der Waals surface area contributed by atoms with E-state index < -0.39 is 0 Å². The highest BCUT2D eigenvalue weighted by molar-refractivity contribution is 5.97. The number of hydrogen-bond acceptors (Lipinski definition) is 1. The molecular weight excluding hydrogens is 687 g/mol. The zero-order valence-corrected chi connectivity index (χ0v) is 32.1. The lowest BCUT2D eigenvalue weighted by molar-refractivity contribution is 0.694. The van der Waals surface area contributed by atoms with Crippen LogP contribution in [0.25, 0.3) is 33.4 Å². The van der Waals surface area contributed by atoms with E-state index in [0.29, 0.717) is 5.92 Å². The predicted octanol–water partition coefficient (Wildman–Crippen LogP) is 14.4. The Balaban J connectivity index is 0.949. The summed E-state index contributed by atoms with van der Waals surface area (Å²) in [4.78, 5) is 2.40. The fourth-order valence-corrected chi connectivity index (χ4v) is 11.2. The van der Waals surface area contributed by atoms with Crippen LogP contribution in [0, 0.1) is 0 Å². The van der Waals surface area contributed by atoms with Gasteiger partial charge in [0.1, 0.15) is 0 Å². The van der Waals surface area contributed by atoms with Gasteiger partial charge in [-0.2, -0.15) is 0 Å². The van der Waals surface area contributed by atoms with Crippen LogP contribution in [-0.2, 0) is 5.41 Å². The van der Waals surface area contributed by atoms with E-state index in [9.17, 15) is 0 Å².